The zero-order valence-corrected chi connectivity index (χ0v) is 15.1. The quantitative estimate of drug-likeness (QED) is 0.729. The highest BCUT2D eigenvalue weighted by atomic mass is 16.2. The molecule has 2 aromatic heterocycles. The highest BCUT2D eigenvalue weighted by Crippen LogP contribution is 2.27. The van der Waals surface area contributed by atoms with Gasteiger partial charge in [0.1, 0.15) is 0 Å². The minimum Gasteiger partial charge on any atom is -0.348 e. The Kier molecular flexibility index (Phi) is 4.58. The van der Waals surface area contributed by atoms with Crippen LogP contribution in [0.25, 0.3) is 5.65 Å². The number of benzene rings is 1. The summed E-state index contributed by atoms with van der Waals surface area (Å²) in [6, 6.07) is 9.33. The first-order valence-corrected chi connectivity index (χ1v) is 9.09. The summed E-state index contributed by atoms with van der Waals surface area (Å²) in [7, 11) is 0. The van der Waals surface area contributed by atoms with E-state index >= 15 is 0 Å². The molecule has 0 radical (unpaired) electrons. The molecule has 2 heterocycles. The van der Waals surface area contributed by atoms with Gasteiger partial charge in [-0.05, 0) is 37.5 Å². The summed E-state index contributed by atoms with van der Waals surface area (Å²) in [5, 5.41) is 9.98. The van der Waals surface area contributed by atoms with E-state index in [0.717, 1.165) is 30.5 Å². The van der Waals surface area contributed by atoms with Crippen molar-refractivity contribution in [3.05, 3.63) is 59.5 Å². The minimum absolute atomic E-state index is 0.0802. The minimum atomic E-state index is -0.207. The number of anilines is 1. The number of aromatic nitrogens is 3. The van der Waals surface area contributed by atoms with Crippen molar-refractivity contribution in [1.82, 2.24) is 19.9 Å². The van der Waals surface area contributed by atoms with Gasteiger partial charge in [0.05, 0.1) is 17.5 Å². The molecule has 0 atom stereocenters. The van der Waals surface area contributed by atoms with Crippen LogP contribution in [0.1, 0.15) is 40.9 Å². The smallest absolute Gasteiger partial charge is 0.254 e. The van der Waals surface area contributed by atoms with Gasteiger partial charge in [0.15, 0.2) is 5.65 Å². The summed E-state index contributed by atoms with van der Waals surface area (Å²) in [6.45, 7) is 2.17. The van der Waals surface area contributed by atoms with E-state index < -0.39 is 0 Å². The lowest BCUT2D eigenvalue weighted by Gasteiger charge is -2.24. The maximum atomic E-state index is 12.5. The van der Waals surface area contributed by atoms with Crippen LogP contribution in [0.2, 0.25) is 0 Å². The Morgan fingerprint density at radius 3 is 2.89 bits per heavy atom. The average Bonchev–Trinajstić information content (AvgIpc) is 3.05. The van der Waals surface area contributed by atoms with E-state index in [2.05, 4.69) is 20.7 Å². The molecule has 1 aliphatic carbocycles. The van der Waals surface area contributed by atoms with Gasteiger partial charge in [-0.15, -0.1) is 0 Å². The molecule has 0 aliphatic heterocycles. The monoisotopic (exact) mass is 363 g/mol. The summed E-state index contributed by atoms with van der Waals surface area (Å²) in [5.74, 6) is 0.0130. The molecule has 0 spiro atoms. The zero-order valence-electron chi connectivity index (χ0n) is 15.1. The summed E-state index contributed by atoms with van der Waals surface area (Å²) in [5.41, 5.74) is 3.52. The largest absolute Gasteiger partial charge is 0.348 e. The van der Waals surface area contributed by atoms with Crippen LogP contribution in [0.5, 0.6) is 0 Å². The van der Waals surface area contributed by atoms with Crippen LogP contribution >= 0.6 is 0 Å². The zero-order chi connectivity index (χ0) is 18.8. The van der Waals surface area contributed by atoms with Crippen molar-refractivity contribution in [3.63, 3.8) is 0 Å². The lowest BCUT2D eigenvalue weighted by Crippen LogP contribution is -2.28. The molecular formula is C20H21N5O2. The number of hydrogen-bond acceptors (Lipinski definition) is 4. The van der Waals surface area contributed by atoms with E-state index in [4.69, 9.17) is 0 Å². The number of amides is 2. The van der Waals surface area contributed by atoms with Gasteiger partial charge < -0.3 is 10.6 Å². The Balaban J connectivity index is 1.41. The third kappa shape index (κ3) is 3.67. The van der Waals surface area contributed by atoms with Crippen molar-refractivity contribution in [3.8, 4) is 0 Å². The van der Waals surface area contributed by atoms with Gasteiger partial charge in [0, 0.05) is 30.4 Å². The molecule has 138 valence electrons. The number of fused-ring (bicyclic) bond motifs is 1. The van der Waals surface area contributed by atoms with Crippen LogP contribution in [-0.4, -0.2) is 26.4 Å². The van der Waals surface area contributed by atoms with Crippen molar-refractivity contribution in [2.75, 3.05) is 5.32 Å². The number of carbonyl (C=O) groups excluding carboxylic acids is 2. The van der Waals surface area contributed by atoms with E-state index in [1.807, 2.05) is 24.3 Å². The van der Waals surface area contributed by atoms with Gasteiger partial charge in [0.2, 0.25) is 5.91 Å². The standard InChI is InChI=1S/C20H21N5O2/c1-13-17(12-25-18(23-13)8-9-22-25)20(27)21-11-14-4-2-7-16(10-14)24-19(26)15-5-3-6-15/h2,4,7-10,12,15H,3,5-6,11H2,1H3,(H,21,27)(H,24,26). The fraction of sp³-hybridized carbons (Fsp3) is 0.300. The van der Waals surface area contributed by atoms with E-state index in [9.17, 15) is 9.59 Å². The van der Waals surface area contributed by atoms with Crippen molar-refractivity contribution >= 4 is 23.1 Å². The van der Waals surface area contributed by atoms with Crippen LogP contribution in [0.4, 0.5) is 5.69 Å². The lowest BCUT2D eigenvalue weighted by atomic mass is 9.85. The molecule has 27 heavy (non-hydrogen) atoms. The van der Waals surface area contributed by atoms with Crippen LogP contribution in [-0.2, 0) is 11.3 Å². The SMILES string of the molecule is Cc1nc2ccnn2cc1C(=O)NCc1cccc(NC(=O)C2CCC2)c1. The number of rotatable bonds is 5. The molecule has 0 saturated heterocycles. The van der Waals surface area contributed by atoms with Crippen molar-refractivity contribution < 1.29 is 9.59 Å². The van der Waals surface area contributed by atoms with Gasteiger partial charge in [-0.3, -0.25) is 9.59 Å². The first kappa shape index (κ1) is 17.2. The molecular weight excluding hydrogens is 342 g/mol. The lowest BCUT2D eigenvalue weighted by molar-refractivity contribution is -0.122. The second-order valence-corrected chi connectivity index (χ2v) is 6.87. The van der Waals surface area contributed by atoms with Gasteiger partial charge in [-0.1, -0.05) is 18.6 Å². The maximum absolute atomic E-state index is 12.5. The van der Waals surface area contributed by atoms with Crippen LogP contribution in [0.3, 0.4) is 0 Å². The molecule has 3 aromatic rings. The number of nitrogens with one attached hydrogen (secondary N) is 2. The first-order chi connectivity index (χ1) is 13.1. The predicted molar refractivity (Wildman–Crippen MR) is 101 cm³/mol. The molecule has 4 rings (SSSR count). The summed E-state index contributed by atoms with van der Waals surface area (Å²) < 4.78 is 1.58. The molecule has 2 N–H and O–H groups in total. The van der Waals surface area contributed by atoms with Crippen LogP contribution < -0.4 is 10.6 Å². The predicted octanol–water partition coefficient (Wildman–Crippen LogP) is 2.71. The molecule has 1 aromatic carbocycles. The highest BCUT2D eigenvalue weighted by Gasteiger charge is 2.25. The Morgan fingerprint density at radius 1 is 1.26 bits per heavy atom. The third-order valence-corrected chi connectivity index (χ3v) is 4.94. The van der Waals surface area contributed by atoms with Crippen molar-refractivity contribution in [2.45, 2.75) is 32.7 Å². The fourth-order valence-corrected chi connectivity index (χ4v) is 3.12. The Bertz CT molecular complexity index is 1010. The van der Waals surface area contributed by atoms with Gasteiger partial charge in [-0.25, -0.2) is 9.50 Å². The van der Waals surface area contributed by atoms with Crippen LogP contribution in [0.15, 0.2) is 42.7 Å². The Morgan fingerprint density at radius 2 is 2.11 bits per heavy atom. The molecule has 0 bridgehead atoms. The highest BCUT2D eigenvalue weighted by molar-refractivity contribution is 5.95. The van der Waals surface area contributed by atoms with E-state index in [-0.39, 0.29) is 17.7 Å². The topological polar surface area (TPSA) is 88.4 Å². The summed E-state index contributed by atoms with van der Waals surface area (Å²) in [6.07, 6.45) is 6.39. The fourth-order valence-electron chi connectivity index (χ4n) is 3.12. The second-order valence-electron chi connectivity index (χ2n) is 6.87. The van der Waals surface area contributed by atoms with Gasteiger partial charge in [0.25, 0.3) is 5.91 Å². The van der Waals surface area contributed by atoms with Crippen molar-refractivity contribution in [2.24, 2.45) is 5.92 Å². The van der Waals surface area contributed by atoms with E-state index in [0.29, 0.717) is 23.4 Å². The molecule has 1 saturated carbocycles. The average molecular weight is 363 g/mol. The normalized spacial score (nSPS) is 14.0. The second kappa shape index (κ2) is 7.19. The first-order valence-electron chi connectivity index (χ1n) is 9.09. The molecule has 2 amide bonds. The van der Waals surface area contributed by atoms with E-state index in [1.54, 1.807) is 29.9 Å². The number of carbonyl (C=O) groups is 2. The Hall–Kier alpha value is -3.22. The third-order valence-electron chi connectivity index (χ3n) is 4.94. The van der Waals surface area contributed by atoms with Crippen molar-refractivity contribution in [1.29, 1.82) is 0 Å². The number of aryl methyl sites for hydroxylation is 1. The molecule has 7 heteroatoms. The maximum Gasteiger partial charge on any atom is 0.254 e. The molecule has 7 nitrogen and oxygen atoms in total. The molecule has 1 fully saturated rings. The summed E-state index contributed by atoms with van der Waals surface area (Å²) in [4.78, 5) is 29.0. The summed E-state index contributed by atoms with van der Waals surface area (Å²) >= 11 is 0. The number of nitrogens with zero attached hydrogens (tertiary/aromatic N) is 3. The van der Waals surface area contributed by atoms with Gasteiger partial charge >= 0.3 is 0 Å². The van der Waals surface area contributed by atoms with Gasteiger partial charge in [-0.2, -0.15) is 5.10 Å². The molecule has 0 unspecified atom stereocenters. The number of hydrogen-bond donors (Lipinski definition) is 2. The van der Waals surface area contributed by atoms with E-state index in [1.165, 1.54) is 0 Å². The molecule has 1 aliphatic rings. The van der Waals surface area contributed by atoms with Crippen LogP contribution in [0, 0.1) is 12.8 Å². The Labute approximate surface area is 156 Å².